The maximum absolute atomic E-state index is 10.9. The highest BCUT2D eigenvalue weighted by atomic mass is 32.2. The van der Waals surface area contributed by atoms with Crippen molar-refractivity contribution < 1.29 is 8.42 Å². The Hall–Kier alpha value is -1.47. The highest BCUT2D eigenvalue weighted by Crippen LogP contribution is 2.08. The molecule has 0 amide bonds. The predicted octanol–water partition coefficient (Wildman–Crippen LogP) is -0.0620. The molecule has 1 heterocycles. The fourth-order valence-electron chi connectivity index (χ4n) is 1.21. The average molecular weight is 226 g/mol. The number of fused-ring (bicyclic) bond motifs is 1. The summed E-state index contributed by atoms with van der Waals surface area (Å²) in [5.74, 6) is 0. The summed E-state index contributed by atoms with van der Waals surface area (Å²) < 4.78 is 25.6. The summed E-state index contributed by atoms with van der Waals surface area (Å²) in [7, 11) is -3.21. The highest BCUT2D eigenvalue weighted by Gasteiger charge is 2.05. The number of nitrogens with one attached hydrogen (secondary N) is 1. The van der Waals surface area contributed by atoms with Crippen molar-refractivity contribution in [1.29, 1.82) is 0 Å². The molecule has 80 valence electrons. The lowest BCUT2D eigenvalue weighted by Gasteiger charge is -2.02. The third kappa shape index (κ3) is 2.31. The van der Waals surface area contributed by atoms with Crippen molar-refractivity contribution in [3.05, 3.63) is 24.3 Å². The molecule has 0 radical (unpaired) electrons. The fraction of sp³-hybridized carbons (Fsp3) is 0.250. The maximum atomic E-state index is 10.9. The van der Waals surface area contributed by atoms with Crippen LogP contribution >= 0.6 is 0 Å². The van der Waals surface area contributed by atoms with Gasteiger partial charge in [-0.2, -0.15) is 4.72 Å². The first-order valence-corrected chi connectivity index (χ1v) is 6.18. The van der Waals surface area contributed by atoms with Gasteiger partial charge in [-0.05, 0) is 12.1 Å². The van der Waals surface area contributed by atoms with Crippen LogP contribution in [0.5, 0.6) is 0 Å². The van der Waals surface area contributed by atoms with Gasteiger partial charge in [-0.15, -0.1) is 5.10 Å². The zero-order valence-corrected chi connectivity index (χ0v) is 8.90. The van der Waals surface area contributed by atoms with Crippen molar-refractivity contribution in [3.63, 3.8) is 0 Å². The summed E-state index contributed by atoms with van der Waals surface area (Å²) in [6.07, 6.45) is 1.10. The van der Waals surface area contributed by atoms with Crippen molar-refractivity contribution in [1.82, 2.24) is 19.7 Å². The number of hydrogen-bond acceptors (Lipinski definition) is 4. The molecule has 1 aromatic heterocycles. The Morgan fingerprint density at radius 2 is 2.13 bits per heavy atom. The second kappa shape index (κ2) is 3.59. The minimum Gasteiger partial charge on any atom is -0.230 e. The van der Waals surface area contributed by atoms with E-state index in [2.05, 4.69) is 15.0 Å². The largest absolute Gasteiger partial charge is 0.230 e. The third-order valence-electron chi connectivity index (χ3n) is 1.90. The lowest BCUT2D eigenvalue weighted by molar-refractivity contribution is 0.546. The van der Waals surface area contributed by atoms with Crippen LogP contribution in [0, 0.1) is 0 Å². The van der Waals surface area contributed by atoms with E-state index >= 15 is 0 Å². The second-order valence-corrected chi connectivity index (χ2v) is 4.99. The Labute approximate surface area is 86.9 Å². The molecule has 0 aliphatic rings. The van der Waals surface area contributed by atoms with Gasteiger partial charge in [0.2, 0.25) is 10.0 Å². The molecule has 0 aliphatic heterocycles. The van der Waals surface area contributed by atoms with E-state index in [1.54, 1.807) is 0 Å². The molecule has 0 fully saturated rings. The molecule has 0 saturated heterocycles. The number of para-hydroxylation sites is 1. The fourth-order valence-corrected chi connectivity index (χ4v) is 1.57. The van der Waals surface area contributed by atoms with Crippen LogP contribution in [-0.4, -0.2) is 29.7 Å². The molecule has 0 spiro atoms. The molecule has 2 aromatic rings. The molecular formula is C8H10N4O2S. The SMILES string of the molecule is CS(=O)(=O)NCn1nnc2ccccc21. The summed E-state index contributed by atoms with van der Waals surface area (Å²) >= 11 is 0. The van der Waals surface area contributed by atoms with E-state index in [1.165, 1.54) is 4.68 Å². The molecule has 1 N–H and O–H groups in total. The van der Waals surface area contributed by atoms with Gasteiger partial charge in [0.05, 0.1) is 11.8 Å². The molecule has 15 heavy (non-hydrogen) atoms. The summed E-state index contributed by atoms with van der Waals surface area (Å²) in [4.78, 5) is 0. The Kier molecular flexibility index (Phi) is 2.41. The molecule has 0 unspecified atom stereocenters. The monoisotopic (exact) mass is 226 g/mol. The standard InChI is InChI=1S/C8H10N4O2S/c1-15(13,14)9-6-12-8-5-3-2-4-7(8)10-11-12/h2-5,9H,6H2,1H3. The Morgan fingerprint density at radius 3 is 2.87 bits per heavy atom. The Balaban J connectivity index is 2.29. The molecule has 0 bridgehead atoms. The molecular weight excluding hydrogens is 216 g/mol. The molecule has 6 nitrogen and oxygen atoms in total. The van der Waals surface area contributed by atoms with Crippen LogP contribution in [-0.2, 0) is 16.7 Å². The summed E-state index contributed by atoms with van der Waals surface area (Å²) in [6.45, 7) is 0.0966. The van der Waals surface area contributed by atoms with Crippen LogP contribution < -0.4 is 4.72 Å². The van der Waals surface area contributed by atoms with Crippen LogP contribution in [0.2, 0.25) is 0 Å². The number of nitrogens with zero attached hydrogens (tertiary/aromatic N) is 3. The third-order valence-corrected chi connectivity index (χ3v) is 2.55. The lowest BCUT2D eigenvalue weighted by Crippen LogP contribution is -2.25. The lowest BCUT2D eigenvalue weighted by atomic mass is 10.3. The number of hydrogen-bond donors (Lipinski definition) is 1. The van der Waals surface area contributed by atoms with E-state index in [9.17, 15) is 8.42 Å². The molecule has 1 aromatic carbocycles. The van der Waals surface area contributed by atoms with Crippen LogP contribution in [0.1, 0.15) is 0 Å². The average Bonchev–Trinajstić information content (AvgIpc) is 2.57. The Bertz CT molecular complexity index is 575. The van der Waals surface area contributed by atoms with Crippen LogP contribution in [0.4, 0.5) is 0 Å². The van der Waals surface area contributed by atoms with Crippen molar-refractivity contribution >= 4 is 21.1 Å². The van der Waals surface area contributed by atoms with Gasteiger partial charge in [-0.3, -0.25) is 0 Å². The van der Waals surface area contributed by atoms with E-state index in [0.717, 1.165) is 17.3 Å². The van der Waals surface area contributed by atoms with Gasteiger partial charge in [0.15, 0.2) is 0 Å². The molecule has 7 heteroatoms. The number of aromatic nitrogens is 3. The molecule has 2 rings (SSSR count). The van der Waals surface area contributed by atoms with Gasteiger partial charge in [0.1, 0.15) is 12.2 Å². The summed E-state index contributed by atoms with van der Waals surface area (Å²) in [5, 5.41) is 7.74. The van der Waals surface area contributed by atoms with Gasteiger partial charge in [0.25, 0.3) is 0 Å². The van der Waals surface area contributed by atoms with Crippen molar-refractivity contribution in [2.24, 2.45) is 0 Å². The van der Waals surface area contributed by atoms with Crippen LogP contribution in [0.3, 0.4) is 0 Å². The van der Waals surface area contributed by atoms with Gasteiger partial charge >= 0.3 is 0 Å². The topological polar surface area (TPSA) is 76.9 Å². The zero-order chi connectivity index (χ0) is 10.9. The zero-order valence-electron chi connectivity index (χ0n) is 8.08. The summed E-state index contributed by atoms with van der Waals surface area (Å²) in [6, 6.07) is 7.35. The minimum atomic E-state index is -3.21. The first kappa shape index (κ1) is 10.1. The molecule has 0 saturated carbocycles. The second-order valence-electron chi connectivity index (χ2n) is 3.15. The van der Waals surface area contributed by atoms with Crippen LogP contribution in [0.25, 0.3) is 11.0 Å². The highest BCUT2D eigenvalue weighted by molar-refractivity contribution is 7.88. The normalized spacial score (nSPS) is 12.1. The summed E-state index contributed by atoms with van der Waals surface area (Å²) in [5.41, 5.74) is 1.54. The molecule has 0 atom stereocenters. The quantitative estimate of drug-likeness (QED) is 0.795. The van der Waals surface area contributed by atoms with Crippen molar-refractivity contribution in [2.75, 3.05) is 6.26 Å². The van der Waals surface area contributed by atoms with E-state index in [0.29, 0.717) is 0 Å². The van der Waals surface area contributed by atoms with Crippen molar-refractivity contribution in [2.45, 2.75) is 6.67 Å². The van der Waals surface area contributed by atoms with Crippen LogP contribution in [0.15, 0.2) is 24.3 Å². The van der Waals surface area contributed by atoms with Gasteiger partial charge in [0, 0.05) is 0 Å². The van der Waals surface area contributed by atoms with Gasteiger partial charge in [-0.25, -0.2) is 13.1 Å². The first-order chi connectivity index (χ1) is 7.06. The van der Waals surface area contributed by atoms with Gasteiger partial charge < -0.3 is 0 Å². The van der Waals surface area contributed by atoms with Gasteiger partial charge in [-0.1, -0.05) is 17.3 Å². The van der Waals surface area contributed by atoms with E-state index < -0.39 is 10.0 Å². The smallest absolute Gasteiger partial charge is 0.210 e. The van der Waals surface area contributed by atoms with E-state index in [1.807, 2.05) is 24.3 Å². The number of rotatable bonds is 3. The minimum absolute atomic E-state index is 0.0966. The Morgan fingerprint density at radius 1 is 1.40 bits per heavy atom. The predicted molar refractivity (Wildman–Crippen MR) is 55.5 cm³/mol. The number of benzene rings is 1. The van der Waals surface area contributed by atoms with E-state index in [4.69, 9.17) is 0 Å². The van der Waals surface area contributed by atoms with E-state index in [-0.39, 0.29) is 6.67 Å². The van der Waals surface area contributed by atoms with Crippen molar-refractivity contribution in [3.8, 4) is 0 Å². The maximum Gasteiger partial charge on any atom is 0.210 e. The number of sulfonamides is 1. The first-order valence-electron chi connectivity index (χ1n) is 4.29. The molecule has 0 aliphatic carbocycles.